The van der Waals surface area contributed by atoms with Gasteiger partial charge in [0.1, 0.15) is 18.1 Å². The molecule has 4 aromatic rings. The van der Waals surface area contributed by atoms with Crippen LogP contribution in [0, 0.1) is 0 Å². The van der Waals surface area contributed by atoms with Gasteiger partial charge in [0.05, 0.1) is 34.0 Å². The first-order valence-corrected chi connectivity index (χ1v) is 10.4. The third kappa shape index (κ3) is 4.87. The molecule has 33 heavy (non-hydrogen) atoms. The van der Waals surface area contributed by atoms with Gasteiger partial charge in [-0.3, -0.25) is 4.98 Å². The molecular weight excluding hydrogens is 420 g/mol. The van der Waals surface area contributed by atoms with Crippen LogP contribution in [0.1, 0.15) is 5.56 Å². The lowest BCUT2D eigenvalue weighted by Crippen LogP contribution is -2.00. The van der Waals surface area contributed by atoms with E-state index in [-0.39, 0.29) is 0 Å². The number of hydrogen-bond donors (Lipinski definition) is 1. The van der Waals surface area contributed by atoms with Gasteiger partial charge >= 0.3 is 0 Å². The van der Waals surface area contributed by atoms with Gasteiger partial charge in [0.25, 0.3) is 0 Å². The summed E-state index contributed by atoms with van der Waals surface area (Å²) in [4.78, 5) is 4.51. The minimum absolute atomic E-state index is 0.337. The van der Waals surface area contributed by atoms with E-state index in [4.69, 9.17) is 23.7 Å². The van der Waals surface area contributed by atoms with Crippen molar-refractivity contribution < 1.29 is 23.7 Å². The van der Waals surface area contributed by atoms with E-state index in [1.165, 1.54) is 0 Å². The first-order chi connectivity index (χ1) is 16.1. The number of pyridine rings is 1. The van der Waals surface area contributed by atoms with Crippen molar-refractivity contribution in [3.8, 4) is 28.7 Å². The fraction of sp³-hybridized carbons (Fsp3) is 0.192. The van der Waals surface area contributed by atoms with Crippen LogP contribution in [-0.2, 0) is 6.61 Å². The Kier molecular flexibility index (Phi) is 6.69. The Labute approximate surface area is 192 Å². The number of rotatable bonds is 9. The molecule has 1 heterocycles. The molecular formula is C26H26N2O5. The van der Waals surface area contributed by atoms with Crippen LogP contribution >= 0.6 is 0 Å². The number of methoxy groups -OCH3 is 4. The summed E-state index contributed by atoms with van der Waals surface area (Å²) in [5.74, 6) is 3.23. The third-order valence-electron chi connectivity index (χ3n) is 5.19. The molecule has 0 saturated heterocycles. The number of ether oxygens (including phenoxy) is 5. The molecule has 7 heteroatoms. The van der Waals surface area contributed by atoms with Gasteiger partial charge in [0.15, 0.2) is 11.5 Å². The average Bonchev–Trinajstić information content (AvgIpc) is 2.86. The zero-order valence-electron chi connectivity index (χ0n) is 19.0. The van der Waals surface area contributed by atoms with Crippen LogP contribution < -0.4 is 29.0 Å². The van der Waals surface area contributed by atoms with E-state index in [9.17, 15) is 0 Å². The standard InChI is InChI=1S/C26H26N2O5/c1-29-19-7-5-6-18(14-19)28-22-10-11-27-23-15-20(8-9-21(22)23)33-16-17-12-24(30-2)26(32-4)25(13-17)31-3/h5-15H,16H2,1-4H3,(H,27,28). The molecule has 3 aromatic carbocycles. The summed E-state index contributed by atoms with van der Waals surface area (Å²) in [5.41, 5.74) is 3.60. The number of benzene rings is 3. The largest absolute Gasteiger partial charge is 0.497 e. The normalized spacial score (nSPS) is 10.5. The highest BCUT2D eigenvalue weighted by Crippen LogP contribution is 2.38. The smallest absolute Gasteiger partial charge is 0.203 e. The highest BCUT2D eigenvalue weighted by molar-refractivity contribution is 5.93. The summed E-state index contributed by atoms with van der Waals surface area (Å²) >= 11 is 0. The first kappa shape index (κ1) is 22.1. The number of aromatic nitrogens is 1. The van der Waals surface area contributed by atoms with E-state index < -0.39 is 0 Å². The van der Waals surface area contributed by atoms with Crippen LogP contribution in [0.2, 0.25) is 0 Å². The van der Waals surface area contributed by atoms with Crippen LogP contribution in [0.4, 0.5) is 11.4 Å². The molecule has 0 saturated carbocycles. The fourth-order valence-electron chi connectivity index (χ4n) is 3.57. The summed E-state index contributed by atoms with van der Waals surface area (Å²) in [6.07, 6.45) is 1.77. The van der Waals surface area contributed by atoms with E-state index in [2.05, 4.69) is 10.3 Å². The molecule has 0 spiro atoms. The SMILES string of the molecule is COc1cccc(Nc2ccnc3cc(OCc4cc(OC)c(OC)c(OC)c4)ccc23)c1. The quantitative estimate of drug-likeness (QED) is 0.359. The highest BCUT2D eigenvalue weighted by Gasteiger charge is 2.13. The van der Waals surface area contributed by atoms with Crippen molar-refractivity contribution in [1.29, 1.82) is 0 Å². The molecule has 0 aliphatic carbocycles. The molecule has 0 bridgehead atoms. The van der Waals surface area contributed by atoms with Gasteiger partial charge in [-0.25, -0.2) is 0 Å². The van der Waals surface area contributed by atoms with Crippen molar-refractivity contribution in [1.82, 2.24) is 4.98 Å². The van der Waals surface area contributed by atoms with Crippen molar-refractivity contribution in [2.45, 2.75) is 6.61 Å². The molecule has 4 rings (SSSR count). The molecule has 0 amide bonds. The average molecular weight is 447 g/mol. The van der Waals surface area contributed by atoms with Crippen LogP contribution in [0.3, 0.4) is 0 Å². The van der Waals surface area contributed by atoms with Crippen LogP contribution in [0.5, 0.6) is 28.7 Å². The maximum Gasteiger partial charge on any atom is 0.203 e. The van der Waals surface area contributed by atoms with Crippen molar-refractivity contribution in [3.63, 3.8) is 0 Å². The van der Waals surface area contributed by atoms with Gasteiger partial charge in [-0.2, -0.15) is 0 Å². The van der Waals surface area contributed by atoms with E-state index >= 15 is 0 Å². The number of hydrogen-bond acceptors (Lipinski definition) is 7. The summed E-state index contributed by atoms with van der Waals surface area (Å²) in [7, 11) is 6.42. The molecule has 7 nitrogen and oxygen atoms in total. The summed E-state index contributed by atoms with van der Waals surface area (Å²) in [6, 6.07) is 19.3. The maximum atomic E-state index is 6.03. The molecule has 0 atom stereocenters. The lowest BCUT2D eigenvalue weighted by atomic mass is 10.1. The number of anilines is 2. The first-order valence-electron chi connectivity index (χ1n) is 10.4. The Morgan fingerprint density at radius 3 is 2.24 bits per heavy atom. The van der Waals surface area contributed by atoms with Crippen molar-refractivity contribution in [3.05, 3.63) is 72.4 Å². The second kappa shape index (κ2) is 9.99. The van der Waals surface area contributed by atoms with Gasteiger partial charge in [0, 0.05) is 35.1 Å². The predicted octanol–water partition coefficient (Wildman–Crippen LogP) is 5.59. The molecule has 0 unspecified atom stereocenters. The Balaban J connectivity index is 1.54. The fourth-order valence-corrected chi connectivity index (χ4v) is 3.57. The summed E-state index contributed by atoms with van der Waals surface area (Å²) in [5, 5.41) is 4.42. The minimum Gasteiger partial charge on any atom is -0.497 e. The van der Waals surface area contributed by atoms with E-state index in [1.54, 1.807) is 34.6 Å². The monoisotopic (exact) mass is 446 g/mol. The molecule has 0 radical (unpaired) electrons. The van der Waals surface area contributed by atoms with Crippen LogP contribution in [0.15, 0.2) is 66.9 Å². The van der Waals surface area contributed by atoms with Crippen molar-refractivity contribution >= 4 is 22.3 Å². The Morgan fingerprint density at radius 1 is 0.758 bits per heavy atom. The molecule has 1 N–H and O–H groups in total. The number of nitrogens with one attached hydrogen (secondary N) is 1. The van der Waals surface area contributed by atoms with Crippen molar-refractivity contribution in [2.75, 3.05) is 33.8 Å². The summed E-state index contributed by atoms with van der Waals surface area (Å²) < 4.78 is 27.6. The Hall–Kier alpha value is -4.13. The second-order valence-corrected chi connectivity index (χ2v) is 7.22. The van der Waals surface area contributed by atoms with Gasteiger partial charge in [0.2, 0.25) is 5.75 Å². The van der Waals surface area contributed by atoms with Crippen LogP contribution in [0.25, 0.3) is 10.9 Å². The highest BCUT2D eigenvalue weighted by atomic mass is 16.5. The summed E-state index contributed by atoms with van der Waals surface area (Å²) in [6.45, 7) is 0.337. The van der Waals surface area contributed by atoms with E-state index in [0.717, 1.165) is 33.6 Å². The van der Waals surface area contributed by atoms with Gasteiger partial charge < -0.3 is 29.0 Å². The number of fused-ring (bicyclic) bond motifs is 1. The molecule has 0 aliphatic rings. The topological polar surface area (TPSA) is 71.1 Å². The van der Waals surface area contributed by atoms with E-state index in [0.29, 0.717) is 29.6 Å². The van der Waals surface area contributed by atoms with Gasteiger partial charge in [-0.05, 0) is 48.0 Å². The van der Waals surface area contributed by atoms with Crippen LogP contribution in [-0.4, -0.2) is 33.4 Å². The zero-order valence-corrected chi connectivity index (χ0v) is 19.0. The zero-order chi connectivity index (χ0) is 23.2. The van der Waals surface area contributed by atoms with Crippen molar-refractivity contribution in [2.24, 2.45) is 0 Å². The Bertz CT molecular complexity index is 1230. The Morgan fingerprint density at radius 2 is 1.55 bits per heavy atom. The van der Waals surface area contributed by atoms with E-state index in [1.807, 2.05) is 60.7 Å². The predicted molar refractivity (Wildman–Crippen MR) is 128 cm³/mol. The molecule has 1 aromatic heterocycles. The molecule has 170 valence electrons. The molecule has 0 fully saturated rings. The van der Waals surface area contributed by atoms with Gasteiger partial charge in [-0.15, -0.1) is 0 Å². The maximum absolute atomic E-state index is 6.03. The lowest BCUT2D eigenvalue weighted by molar-refractivity contribution is 0.299. The number of nitrogens with zero attached hydrogens (tertiary/aromatic N) is 1. The second-order valence-electron chi connectivity index (χ2n) is 7.22. The van der Waals surface area contributed by atoms with Gasteiger partial charge in [-0.1, -0.05) is 6.07 Å². The lowest BCUT2D eigenvalue weighted by Gasteiger charge is -2.15. The molecule has 0 aliphatic heterocycles. The minimum atomic E-state index is 0.337. The third-order valence-corrected chi connectivity index (χ3v) is 5.19.